The summed E-state index contributed by atoms with van der Waals surface area (Å²) in [6.45, 7) is 20.3. The Morgan fingerprint density at radius 1 is 1.23 bits per heavy atom. The largest absolute Gasteiger partial charge is 0.393 e. The van der Waals surface area contributed by atoms with Crippen molar-refractivity contribution in [3.05, 3.63) is 12.7 Å². The monoisotopic (exact) mass is 330 g/mol. The molecular formula is C17H34O4Si. The predicted octanol–water partition coefficient (Wildman–Crippen LogP) is 4.26. The van der Waals surface area contributed by atoms with Crippen LogP contribution in [0, 0.1) is 5.92 Å². The summed E-state index contributed by atoms with van der Waals surface area (Å²) in [4.78, 5) is 0. The maximum atomic E-state index is 6.73. The van der Waals surface area contributed by atoms with Crippen molar-refractivity contribution in [2.75, 3.05) is 20.5 Å². The van der Waals surface area contributed by atoms with Gasteiger partial charge in [0.15, 0.2) is 0 Å². The number of methoxy groups -OCH3 is 1. The summed E-state index contributed by atoms with van der Waals surface area (Å²) in [6.07, 6.45) is 1.58. The molecule has 0 radical (unpaired) electrons. The summed E-state index contributed by atoms with van der Waals surface area (Å²) in [5.74, 6) is 0.255. The molecule has 22 heavy (non-hydrogen) atoms. The molecule has 5 heteroatoms. The topological polar surface area (TPSA) is 36.9 Å². The Kier molecular flexibility index (Phi) is 6.44. The molecule has 0 aromatic rings. The molecule has 0 aromatic carbocycles. The molecule has 0 saturated carbocycles. The van der Waals surface area contributed by atoms with Crippen LogP contribution in [0.3, 0.4) is 0 Å². The van der Waals surface area contributed by atoms with Crippen LogP contribution in [0.4, 0.5) is 0 Å². The fourth-order valence-corrected chi connectivity index (χ4v) is 8.57. The second-order valence-electron chi connectivity index (χ2n) is 8.26. The Hall–Kier alpha value is -0.203. The Bertz CT molecular complexity index is 356. The van der Waals surface area contributed by atoms with Crippen molar-refractivity contribution in [1.29, 1.82) is 0 Å². The van der Waals surface area contributed by atoms with E-state index in [9.17, 15) is 0 Å². The molecular weight excluding hydrogens is 296 g/mol. The molecule has 0 aliphatic carbocycles. The van der Waals surface area contributed by atoms with Crippen molar-refractivity contribution in [2.24, 2.45) is 5.92 Å². The minimum absolute atomic E-state index is 0.0311. The SMILES string of the molecule is C=C[C@@H](OCOC)[C@@H]1O[Si](C(C)(C)C)(C(C)(C)C)OC[C@H]1C. The summed E-state index contributed by atoms with van der Waals surface area (Å²) >= 11 is 0. The summed E-state index contributed by atoms with van der Waals surface area (Å²) in [6, 6.07) is 0. The average Bonchev–Trinajstić information content (AvgIpc) is 2.38. The molecule has 0 bridgehead atoms. The molecule has 1 fully saturated rings. The Balaban J connectivity index is 3.12. The van der Waals surface area contributed by atoms with Gasteiger partial charge in [-0.1, -0.05) is 54.5 Å². The molecule has 0 unspecified atom stereocenters. The van der Waals surface area contributed by atoms with Crippen LogP contribution in [0.2, 0.25) is 10.1 Å². The Morgan fingerprint density at radius 2 is 1.77 bits per heavy atom. The zero-order valence-corrected chi connectivity index (χ0v) is 16.6. The first-order valence-corrected chi connectivity index (χ1v) is 9.86. The van der Waals surface area contributed by atoms with Crippen LogP contribution in [-0.2, 0) is 18.3 Å². The lowest BCUT2D eigenvalue weighted by Crippen LogP contribution is -2.65. The highest BCUT2D eigenvalue weighted by molar-refractivity contribution is 6.73. The highest BCUT2D eigenvalue weighted by Crippen LogP contribution is 2.54. The fourth-order valence-electron chi connectivity index (χ4n) is 3.43. The van der Waals surface area contributed by atoms with Gasteiger partial charge in [0, 0.05) is 29.7 Å². The zero-order chi connectivity index (χ0) is 17.2. The molecule has 3 atom stereocenters. The van der Waals surface area contributed by atoms with Crippen LogP contribution in [0.25, 0.3) is 0 Å². The number of hydrogen-bond donors (Lipinski definition) is 0. The van der Waals surface area contributed by atoms with E-state index in [0.717, 1.165) is 0 Å². The van der Waals surface area contributed by atoms with Gasteiger partial charge in [0.05, 0.1) is 6.10 Å². The lowest BCUT2D eigenvalue weighted by Gasteiger charge is -2.55. The third-order valence-electron chi connectivity index (χ3n) is 4.32. The maximum absolute atomic E-state index is 6.73. The number of ether oxygens (including phenoxy) is 2. The van der Waals surface area contributed by atoms with Crippen LogP contribution < -0.4 is 0 Å². The van der Waals surface area contributed by atoms with Crippen molar-refractivity contribution in [1.82, 2.24) is 0 Å². The van der Waals surface area contributed by atoms with E-state index in [1.54, 1.807) is 7.11 Å². The van der Waals surface area contributed by atoms with Gasteiger partial charge in [-0.3, -0.25) is 0 Å². The third-order valence-corrected chi connectivity index (χ3v) is 9.45. The molecule has 4 nitrogen and oxygen atoms in total. The Morgan fingerprint density at radius 3 is 2.18 bits per heavy atom. The molecule has 0 aromatic heterocycles. The maximum Gasteiger partial charge on any atom is 0.349 e. The van der Waals surface area contributed by atoms with Crippen LogP contribution in [0.15, 0.2) is 12.7 Å². The van der Waals surface area contributed by atoms with E-state index >= 15 is 0 Å². The van der Waals surface area contributed by atoms with E-state index in [0.29, 0.717) is 6.61 Å². The average molecular weight is 331 g/mol. The molecule has 1 saturated heterocycles. The molecule has 1 rings (SSSR count). The van der Waals surface area contributed by atoms with Crippen LogP contribution in [0.1, 0.15) is 48.5 Å². The summed E-state index contributed by atoms with van der Waals surface area (Å²) in [5.41, 5.74) is 0. The minimum Gasteiger partial charge on any atom is -0.393 e. The first-order chi connectivity index (χ1) is 10.00. The third kappa shape index (κ3) is 3.82. The van der Waals surface area contributed by atoms with E-state index in [1.807, 2.05) is 6.08 Å². The molecule has 0 spiro atoms. The van der Waals surface area contributed by atoms with Gasteiger partial charge >= 0.3 is 8.56 Å². The Labute approximate surface area is 137 Å². The van der Waals surface area contributed by atoms with Crippen LogP contribution >= 0.6 is 0 Å². The van der Waals surface area contributed by atoms with Crippen molar-refractivity contribution in [3.8, 4) is 0 Å². The molecule has 130 valence electrons. The van der Waals surface area contributed by atoms with Gasteiger partial charge < -0.3 is 18.3 Å². The number of hydrogen-bond acceptors (Lipinski definition) is 4. The zero-order valence-electron chi connectivity index (χ0n) is 15.6. The van der Waals surface area contributed by atoms with Crippen molar-refractivity contribution in [3.63, 3.8) is 0 Å². The highest BCUT2D eigenvalue weighted by atomic mass is 28.4. The summed E-state index contributed by atoms with van der Waals surface area (Å²) in [7, 11) is -0.855. The van der Waals surface area contributed by atoms with E-state index in [4.69, 9.17) is 18.3 Å². The normalized spacial score (nSPS) is 27.5. The van der Waals surface area contributed by atoms with Crippen molar-refractivity contribution < 1.29 is 18.3 Å². The smallest absolute Gasteiger partial charge is 0.349 e. The van der Waals surface area contributed by atoms with E-state index < -0.39 is 8.56 Å². The van der Waals surface area contributed by atoms with E-state index in [1.165, 1.54) is 0 Å². The van der Waals surface area contributed by atoms with Crippen molar-refractivity contribution in [2.45, 2.75) is 70.8 Å². The highest BCUT2D eigenvalue weighted by Gasteiger charge is 2.62. The van der Waals surface area contributed by atoms with Crippen LogP contribution in [-0.4, -0.2) is 41.3 Å². The van der Waals surface area contributed by atoms with Crippen molar-refractivity contribution >= 4 is 8.56 Å². The van der Waals surface area contributed by atoms with Gasteiger partial charge in [0.2, 0.25) is 0 Å². The van der Waals surface area contributed by atoms with Gasteiger partial charge in [-0.25, -0.2) is 0 Å². The first kappa shape index (κ1) is 19.8. The standard InChI is InChI=1S/C17H34O4Si/c1-10-14(19-12-18-9)15-13(2)11-20-22(21-15,16(3,4)5)17(6,7)8/h10,13-15H,1,11-12H2,2-9H3/t13-,14-,15-/m1/s1. The molecule has 1 aliphatic rings. The molecule has 0 amide bonds. The lowest BCUT2D eigenvalue weighted by molar-refractivity contribution is -0.126. The van der Waals surface area contributed by atoms with E-state index in [-0.39, 0.29) is 35.0 Å². The van der Waals surface area contributed by atoms with Gasteiger partial charge in [-0.15, -0.1) is 6.58 Å². The second kappa shape index (κ2) is 7.14. The summed E-state index contributed by atoms with van der Waals surface area (Å²) < 4.78 is 24.0. The first-order valence-electron chi connectivity index (χ1n) is 8.05. The quantitative estimate of drug-likeness (QED) is 0.429. The fraction of sp³-hybridized carbons (Fsp3) is 0.882. The lowest BCUT2D eigenvalue weighted by atomic mass is 10.0. The van der Waals surface area contributed by atoms with Gasteiger partial charge in [-0.2, -0.15) is 0 Å². The molecule has 0 N–H and O–H groups in total. The molecule has 1 heterocycles. The summed E-state index contributed by atoms with van der Waals surface area (Å²) in [5, 5.41) is -0.0623. The van der Waals surface area contributed by atoms with Gasteiger partial charge in [0.25, 0.3) is 0 Å². The van der Waals surface area contributed by atoms with Gasteiger partial charge in [-0.05, 0) is 0 Å². The predicted molar refractivity (Wildman–Crippen MR) is 92.1 cm³/mol. The molecule has 1 aliphatic heterocycles. The van der Waals surface area contributed by atoms with E-state index in [2.05, 4.69) is 55.0 Å². The van der Waals surface area contributed by atoms with Crippen LogP contribution in [0.5, 0.6) is 0 Å². The minimum atomic E-state index is -2.48. The second-order valence-corrected chi connectivity index (χ2v) is 13.0. The van der Waals surface area contributed by atoms with Gasteiger partial charge in [0.1, 0.15) is 12.9 Å². The number of rotatable bonds is 5.